The standard InChI is InChI=1S/C20H22N4O3/c1-23(17-5-3-2-4-6-17)18(25)13-24-10-7-15(8-11-24)19-21-22-20(27-19)16-9-12-26-14-16/h2-6,9,12,14-15H,7-8,10-11,13H2,1H3. The van der Waals surface area contributed by atoms with Gasteiger partial charge in [0.05, 0.1) is 18.4 Å². The van der Waals surface area contributed by atoms with Crippen LogP contribution in [0.15, 0.2) is 57.8 Å². The summed E-state index contributed by atoms with van der Waals surface area (Å²) in [6.07, 6.45) is 4.97. The highest BCUT2D eigenvalue weighted by atomic mass is 16.4. The van der Waals surface area contributed by atoms with Crippen molar-refractivity contribution in [3.8, 4) is 11.5 Å². The van der Waals surface area contributed by atoms with Crippen LogP contribution in [0.2, 0.25) is 0 Å². The molecule has 1 saturated heterocycles. The first kappa shape index (κ1) is 17.5. The molecule has 1 fully saturated rings. The second-order valence-electron chi connectivity index (χ2n) is 6.80. The SMILES string of the molecule is CN(C(=O)CN1CCC(c2nnc(-c3ccoc3)o2)CC1)c1ccccc1. The molecule has 3 heterocycles. The maximum absolute atomic E-state index is 12.5. The van der Waals surface area contributed by atoms with E-state index in [4.69, 9.17) is 8.83 Å². The molecule has 0 atom stereocenters. The lowest BCUT2D eigenvalue weighted by atomic mass is 9.97. The van der Waals surface area contributed by atoms with Gasteiger partial charge in [0, 0.05) is 18.7 Å². The number of amides is 1. The van der Waals surface area contributed by atoms with Crippen molar-refractivity contribution in [1.29, 1.82) is 0 Å². The predicted molar refractivity (Wildman–Crippen MR) is 100 cm³/mol. The molecular formula is C20H22N4O3. The number of anilines is 1. The summed E-state index contributed by atoms with van der Waals surface area (Å²) in [6.45, 7) is 2.09. The largest absolute Gasteiger partial charge is 0.472 e. The van der Waals surface area contributed by atoms with Crippen LogP contribution < -0.4 is 4.90 Å². The minimum absolute atomic E-state index is 0.0969. The third-order valence-electron chi connectivity index (χ3n) is 5.02. The van der Waals surface area contributed by atoms with Crippen LogP contribution in [0.3, 0.4) is 0 Å². The molecule has 1 aromatic carbocycles. The summed E-state index contributed by atoms with van der Waals surface area (Å²) < 4.78 is 10.9. The number of para-hydroxylation sites is 1. The first-order valence-corrected chi connectivity index (χ1v) is 9.10. The van der Waals surface area contributed by atoms with Crippen molar-refractivity contribution < 1.29 is 13.6 Å². The Morgan fingerprint density at radius 3 is 2.67 bits per heavy atom. The average Bonchev–Trinajstić information content (AvgIpc) is 3.40. The number of hydrogen-bond donors (Lipinski definition) is 0. The first-order valence-electron chi connectivity index (χ1n) is 9.10. The highest BCUT2D eigenvalue weighted by Crippen LogP contribution is 2.29. The van der Waals surface area contributed by atoms with Gasteiger partial charge in [0.2, 0.25) is 11.8 Å². The number of piperidine rings is 1. The molecule has 7 heteroatoms. The molecule has 0 radical (unpaired) electrons. The van der Waals surface area contributed by atoms with E-state index in [1.807, 2.05) is 37.4 Å². The van der Waals surface area contributed by atoms with Gasteiger partial charge in [-0.2, -0.15) is 0 Å². The van der Waals surface area contributed by atoms with Crippen LogP contribution in [0, 0.1) is 0 Å². The normalized spacial score (nSPS) is 15.7. The summed E-state index contributed by atoms with van der Waals surface area (Å²) in [5, 5.41) is 8.30. The number of carbonyl (C=O) groups is 1. The fourth-order valence-corrected chi connectivity index (χ4v) is 3.33. The van der Waals surface area contributed by atoms with Crippen LogP contribution in [0.25, 0.3) is 11.5 Å². The summed E-state index contributed by atoms with van der Waals surface area (Å²) in [5.74, 6) is 1.48. The van der Waals surface area contributed by atoms with E-state index in [0.717, 1.165) is 37.2 Å². The van der Waals surface area contributed by atoms with E-state index in [1.165, 1.54) is 0 Å². The fraction of sp³-hybridized carbons (Fsp3) is 0.350. The zero-order valence-corrected chi connectivity index (χ0v) is 15.2. The topological polar surface area (TPSA) is 75.6 Å². The van der Waals surface area contributed by atoms with E-state index in [2.05, 4.69) is 15.1 Å². The number of benzene rings is 1. The van der Waals surface area contributed by atoms with E-state index in [0.29, 0.717) is 18.3 Å². The smallest absolute Gasteiger partial charge is 0.250 e. The molecule has 0 spiro atoms. The van der Waals surface area contributed by atoms with Gasteiger partial charge in [-0.1, -0.05) is 18.2 Å². The molecule has 27 heavy (non-hydrogen) atoms. The lowest BCUT2D eigenvalue weighted by molar-refractivity contribution is -0.119. The number of likely N-dealkylation sites (N-methyl/N-ethyl adjacent to an activating group) is 1. The Kier molecular flexibility index (Phi) is 5.02. The number of furan rings is 1. The molecular weight excluding hydrogens is 344 g/mol. The zero-order valence-electron chi connectivity index (χ0n) is 15.2. The molecule has 3 aromatic rings. The Bertz CT molecular complexity index is 868. The van der Waals surface area contributed by atoms with Gasteiger partial charge >= 0.3 is 0 Å². The second-order valence-corrected chi connectivity index (χ2v) is 6.80. The Balaban J connectivity index is 1.31. The van der Waals surface area contributed by atoms with Crippen molar-refractivity contribution in [2.45, 2.75) is 18.8 Å². The minimum Gasteiger partial charge on any atom is -0.472 e. The van der Waals surface area contributed by atoms with Crippen molar-refractivity contribution in [2.75, 3.05) is 31.6 Å². The molecule has 4 rings (SSSR count). The maximum atomic E-state index is 12.5. The van der Waals surface area contributed by atoms with Gasteiger partial charge in [-0.15, -0.1) is 10.2 Å². The Labute approximate surface area is 157 Å². The van der Waals surface area contributed by atoms with Gasteiger partial charge in [-0.25, -0.2) is 0 Å². The van der Waals surface area contributed by atoms with Gasteiger partial charge in [0.25, 0.3) is 5.89 Å². The summed E-state index contributed by atoms with van der Waals surface area (Å²) in [6, 6.07) is 11.5. The molecule has 7 nitrogen and oxygen atoms in total. The van der Waals surface area contributed by atoms with Crippen molar-refractivity contribution in [1.82, 2.24) is 15.1 Å². The summed E-state index contributed by atoms with van der Waals surface area (Å²) in [5.41, 5.74) is 1.70. The number of aromatic nitrogens is 2. The quantitative estimate of drug-likeness (QED) is 0.690. The number of likely N-dealkylation sites (tertiary alicyclic amines) is 1. The third-order valence-corrected chi connectivity index (χ3v) is 5.02. The molecule has 1 aliphatic heterocycles. The highest BCUT2D eigenvalue weighted by Gasteiger charge is 2.27. The molecule has 0 bridgehead atoms. The van der Waals surface area contributed by atoms with Crippen molar-refractivity contribution in [2.24, 2.45) is 0 Å². The summed E-state index contributed by atoms with van der Waals surface area (Å²) >= 11 is 0. The van der Waals surface area contributed by atoms with Crippen LogP contribution in [0.5, 0.6) is 0 Å². The predicted octanol–water partition coefficient (Wildman–Crippen LogP) is 3.17. The Hall–Kier alpha value is -2.93. The van der Waals surface area contributed by atoms with Crippen LogP contribution in [0.1, 0.15) is 24.7 Å². The number of carbonyl (C=O) groups excluding carboxylic acids is 1. The van der Waals surface area contributed by atoms with Crippen LogP contribution in [-0.2, 0) is 4.79 Å². The zero-order chi connectivity index (χ0) is 18.6. The number of rotatable bonds is 5. The van der Waals surface area contributed by atoms with E-state index < -0.39 is 0 Å². The van der Waals surface area contributed by atoms with Crippen molar-refractivity contribution >= 4 is 11.6 Å². The van der Waals surface area contributed by atoms with Crippen LogP contribution in [0.4, 0.5) is 5.69 Å². The van der Waals surface area contributed by atoms with Gasteiger partial charge in [-0.3, -0.25) is 9.69 Å². The van der Waals surface area contributed by atoms with Gasteiger partial charge < -0.3 is 13.7 Å². The van der Waals surface area contributed by atoms with Crippen LogP contribution in [-0.4, -0.2) is 47.7 Å². The molecule has 1 amide bonds. The van der Waals surface area contributed by atoms with E-state index in [1.54, 1.807) is 23.5 Å². The fourth-order valence-electron chi connectivity index (χ4n) is 3.33. The lowest BCUT2D eigenvalue weighted by Crippen LogP contribution is -2.42. The monoisotopic (exact) mass is 366 g/mol. The van der Waals surface area contributed by atoms with Crippen molar-refractivity contribution in [3.63, 3.8) is 0 Å². The Morgan fingerprint density at radius 2 is 1.96 bits per heavy atom. The van der Waals surface area contributed by atoms with Gasteiger partial charge in [-0.05, 0) is 44.1 Å². The minimum atomic E-state index is 0.0969. The van der Waals surface area contributed by atoms with E-state index in [-0.39, 0.29) is 11.8 Å². The molecule has 0 N–H and O–H groups in total. The van der Waals surface area contributed by atoms with Crippen molar-refractivity contribution in [3.05, 3.63) is 54.8 Å². The first-order chi connectivity index (χ1) is 13.2. The van der Waals surface area contributed by atoms with Gasteiger partial charge in [0.15, 0.2) is 0 Å². The average molecular weight is 366 g/mol. The van der Waals surface area contributed by atoms with Gasteiger partial charge in [0.1, 0.15) is 6.26 Å². The molecule has 0 aliphatic carbocycles. The number of nitrogens with zero attached hydrogens (tertiary/aromatic N) is 4. The third kappa shape index (κ3) is 3.93. The molecule has 0 unspecified atom stereocenters. The van der Waals surface area contributed by atoms with E-state index >= 15 is 0 Å². The molecule has 2 aromatic heterocycles. The molecule has 1 aliphatic rings. The number of hydrogen-bond acceptors (Lipinski definition) is 6. The molecule has 0 saturated carbocycles. The summed E-state index contributed by atoms with van der Waals surface area (Å²) in [4.78, 5) is 16.4. The molecule has 140 valence electrons. The summed E-state index contributed by atoms with van der Waals surface area (Å²) in [7, 11) is 1.82. The Morgan fingerprint density at radius 1 is 1.19 bits per heavy atom. The lowest BCUT2D eigenvalue weighted by Gasteiger charge is -2.31. The second kappa shape index (κ2) is 7.75. The van der Waals surface area contributed by atoms with E-state index in [9.17, 15) is 4.79 Å². The van der Waals surface area contributed by atoms with Crippen LogP contribution >= 0.6 is 0 Å². The highest BCUT2D eigenvalue weighted by molar-refractivity contribution is 5.94. The maximum Gasteiger partial charge on any atom is 0.250 e.